The van der Waals surface area contributed by atoms with E-state index in [9.17, 15) is 9.18 Å². The van der Waals surface area contributed by atoms with E-state index in [0.717, 1.165) is 0 Å². The topological polar surface area (TPSA) is 64.4 Å². The standard InChI is InChI=1S/C14H15FN2O3/c1-9-13(10(2)20-17-9)14(18)16-7-8-19-12-6-4-3-5-11(12)15/h3-6H,7-8H2,1-2H3,(H,16,18). The molecule has 1 heterocycles. The number of rotatable bonds is 5. The molecule has 0 atom stereocenters. The van der Waals surface area contributed by atoms with Crippen molar-refractivity contribution >= 4 is 5.91 Å². The zero-order chi connectivity index (χ0) is 14.5. The minimum Gasteiger partial charge on any atom is -0.489 e. The third-order valence-corrected chi connectivity index (χ3v) is 2.74. The summed E-state index contributed by atoms with van der Waals surface area (Å²) in [6.07, 6.45) is 0. The number of carbonyl (C=O) groups excluding carboxylic acids is 1. The molecule has 1 amide bonds. The van der Waals surface area contributed by atoms with Crippen LogP contribution in [0.1, 0.15) is 21.8 Å². The van der Waals surface area contributed by atoms with Gasteiger partial charge in [0.25, 0.3) is 5.91 Å². The molecule has 20 heavy (non-hydrogen) atoms. The fourth-order valence-corrected chi connectivity index (χ4v) is 1.78. The van der Waals surface area contributed by atoms with E-state index in [4.69, 9.17) is 9.26 Å². The normalized spacial score (nSPS) is 10.3. The highest BCUT2D eigenvalue weighted by molar-refractivity contribution is 5.96. The fraction of sp³-hybridized carbons (Fsp3) is 0.286. The van der Waals surface area contributed by atoms with Crippen LogP contribution < -0.4 is 10.1 Å². The number of amides is 1. The molecule has 0 spiro atoms. The molecule has 106 valence electrons. The van der Waals surface area contributed by atoms with E-state index in [1.807, 2.05) is 0 Å². The second kappa shape index (κ2) is 6.18. The van der Waals surface area contributed by atoms with Gasteiger partial charge in [0, 0.05) is 0 Å². The molecule has 0 saturated carbocycles. The molecular formula is C14H15FN2O3. The predicted octanol–water partition coefficient (Wildman–Crippen LogP) is 2.24. The Morgan fingerprint density at radius 1 is 1.40 bits per heavy atom. The Morgan fingerprint density at radius 3 is 2.80 bits per heavy atom. The summed E-state index contributed by atoms with van der Waals surface area (Å²) in [4.78, 5) is 11.9. The number of aromatic nitrogens is 1. The Hall–Kier alpha value is -2.37. The molecule has 0 bridgehead atoms. The van der Waals surface area contributed by atoms with Crippen molar-refractivity contribution in [1.29, 1.82) is 0 Å². The van der Waals surface area contributed by atoms with Gasteiger partial charge in [-0.05, 0) is 26.0 Å². The molecule has 6 heteroatoms. The smallest absolute Gasteiger partial charge is 0.256 e. The number of para-hydroxylation sites is 1. The largest absolute Gasteiger partial charge is 0.489 e. The monoisotopic (exact) mass is 278 g/mol. The minimum absolute atomic E-state index is 0.166. The third-order valence-electron chi connectivity index (χ3n) is 2.74. The van der Waals surface area contributed by atoms with E-state index >= 15 is 0 Å². The highest BCUT2D eigenvalue weighted by Gasteiger charge is 2.16. The quantitative estimate of drug-likeness (QED) is 0.852. The maximum Gasteiger partial charge on any atom is 0.256 e. The van der Waals surface area contributed by atoms with Gasteiger partial charge >= 0.3 is 0 Å². The summed E-state index contributed by atoms with van der Waals surface area (Å²) in [7, 11) is 0. The SMILES string of the molecule is Cc1noc(C)c1C(=O)NCCOc1ccccc1F. The average molecular weight is 278 g/mol. The van der Waals surface area contributed by atoms with Gasteiger partial charge in [0.2, 0.25) is 0 Å². The molecule has 2 rings (SSSR count). The minimum atomic E-state index is -0.426. The van der Waals surface area contributed by atoms with Crippen molar-refractivity contribution in [2.24, 2.45) is 0 Å². The van der Waals surface area contributed by atoms with E-state index in [1.165, 1.54) is 12.1 Å². The molecule has 0 radical (unpaired) electrons. The molecule has 0 aliphatic rings. The van der Waals surface area contributed by atoms with Crippen molar-refractivity contribution in [3.05, 3.63) is 47.1 Å². The number of aryl methyl sites for hydroxylation is 2. The fourth-order valence-electron chi connectivity index (χ4n) is 1.78. The first-order valence-electron chi connectivity index (χ1n) is 6.18. The number of ether oxygens (including phenoxy) is 1. The van der Waals surface area contributed by atoms with Crippen LogP contribution >= 0.6 is 0 Å². The molecule has 1 aromatic heterocycles. The molecule has 1 N–H and O–H groups in total. The maximum absolute atomic E-state index is 13.3. The zero-order valence-corrected chi connectivity index (χ0v) is 11.3. The number of hydrogen-bond acceptors (Lipinski definition) is 4. The first kappa shape index (κ1) is 14.0. The molecule has 0 aliphatic heterocycles. The molecule has 0 aliphatic carbocycles. The molecule has 0 unspecified atom stereocenters. The molecular weight excluding hydrogens is 263 g/mol. The van der Waals surface area contributed by atoms with Crippen molar-refractivity contribution in [3.8, 4) is 5.75 Å². The lowest BCUT2D eigenvalue weighted by molar-refractivity contribution is 0.0944. The van der Waals surface area contributed by atoms with E-state index in [1.54, 1.807) is 26.0 Å². The van der Waals surface area contributed by atoms with Gasteiger partial charge < -0.3 is 14.6 Å². The molecule has 0 fully saturated rings. The summed E-state index contributed by atoms with van der Waals surface area (Å²) in [6.45, 7) is 3.80. The number of nitrogens with one attached hydrogen (secondary N) is 1. The second-order valence-electron chi connectivity index (χ2n) is 4.23. The third kappa shape index (κ3) is 3.14. The van der Waals surface area contributed by atoms with Crippen molar-refractivity contribution in [3.63, 3.8) is 0 Å². The zero-order valence-electron chi connectivity index (χ0n) is 11.3. The Labute approximate surface area is 115 Å². The van der Waals surface area contributed by atoms with Gasteiger partial charge in [-0.25, -0.2) is 4.39 Å². The van der Waals surface area contributed by atoms with Crippen LogP contribution in [0.5, 0.6) is 5.75 Å². The highest BCUT2D eigenvalue weighted by atomic mass is 19.1. The first-order valence-corrected chi connectivity index (χ1v) is 6.18. The first-order chi connectivity index (χ1) is 9.59. The van der Waals surface area contributed by atoms with E-state index in [0.29, 0.717) is 17.0 Å². The summed E-state index contributed by atoms with van der Waals surface area (Å²) < 4.78 is 23.4. The van der Waals surface area contributed by atoms with Crippen molar-refractivity contribution < 1.29 is 18.4 Å². The number of nitrogens with zero attached hydrogens (tertiary/aromatic N) is 1. The van der Waals surface area contributed by atoms with Crippen LogP contribution in [0.15, 0.2) is 28.8 Å². The lowest BCUT2D eigenvalue weighted by Crippen LogP contribution is -2.28. The Morgan fingerprint density at radius 2 is 2.15 bits per heavy atom. The Bertz CT molecular complexity index is 591. The van der Waals surface area contributed by atoms with Gasteiger partial charge in [-0.2, -0.15) is 0 Å². The predicted molar refractivity (Wildman–Crippen MR) is 70.2 cm³/mol. The van der Waals surface area contributed by atoms with Gasteiger partial charge in [-0.15, -0.1) is 0 Å². The summed E-state index contributed by atoms with van der Waals surface area (Å²) >= 11 is 0. The van der Waals surface area contributed by atoms with Crippen LogP contribution in [0.25, 0.3) is 0 Å². The number of carbonyl (C=O) groups is 1. The molecule has 5 nitrogen and oxygen atoms in total. The van der Waals surface area contributed by atoms with Crippen molar-refractivity contribution in [1.82, 2.24) is 10.5 Å². The number of halogens is 1. The number of hydrogen-bond donors (Lipinski definition) is 1. The summed E-state index contributed by atoms with van der Waals surface area (Å²) in [6, 6.07) is 6.12. The number of benzene rings is 1. The maximum atomic E-state index is 13.3. The van der Waals surface area contributed by atoms with E-state index in [2.05, 4.69) is 10.5 Å². The molecule has 2 aromatic rings. The van der Waals surface area contributed by atoms with Crippen LogP contribution in [0.4, 0.5) is 4.39 Å². The van der Waals surface area contributed by atoms with E-state index in [-0.39, 0.29) is 24.8 Å². The summed E-state index contributed by atoms with van der Waals surface area (Å²) in [5.41, 5.74) is 0.964. The van der Waals surface area contributed by atoms with Gasteiger partial charge in [0.15, 0.2) is 11.6 Å². The van der Waals surface area contributed by atoms with Crippen LogP contribution in [0.3, 0.4) is 0 Å². The summed E-state index contributed by atoms with van der Waals surface area (Å²) in [5, 5.41) is 6.38. The van der Waals surface area contributed by atoms with Gasteiger partial charge in [0.1, 0.15) is 17.9 Å². The van der Waals surface area contributed by atoms with Crippen LogP contribution in [-0.2, 0) is 0 Å². The van der Waals surface area contributed by atoms with E-state index < -0.39 is 5.82 Å². The summed E-state index contributed by atoms with van der Waals surface area (Å²) in [5.74, 6) is -0.0722. The lowest BCUT2D eigenvalue weighted by Gasteiger charge is -2.08. The van der Waals surface area contributed by atoms with Crippen LogP contribution in [-0.4, -0.2) is 24.2 Å². The van der Waals surface area contributed by atoms with Crippen molar-refractivity contribution in [2.75, 3.05) is 13.2 Å². The van der Waals surface area contributed by atoms with Gasteiger partial charge in [-0.1, -0.05) is 17.3 Å². The van der Waals surface area contributed by atoms with Crippen LogP contribution in [0.2, 0.25) is 0 Å². The van der Waals surface area contributed by atoms with Crippen LogP contribution in [0, 0.1) is 19.7 Å². The highest BCUT2D eigenvalue weighted by Crippen LogP contribution is 2.15. The van der Waals surface area contributed by atoms with Crippen molar-refractivity contribution in [2.45, 2.75) is 13.8 Å². The second-order valence-corrected chi connectivity index (χ2v) is 4.23. The Kier molecular flexibility index (Phi) is 4.34. The molecule has 0 saturated heterocycles. The molecule has 1 aromatic carbocycles. The Balaban J connectivity index is 1.82. The van der Waals surface area contributed by atoms with Gasteiger partial charge in [-0.3, -0.25) is 4.79 Å². The lowest BCUT2D eigenvalue weighted by atomic mass is 10.2. The average Bonchev–Trinajstić information content (AvgIpc) is 2.76. The van der Waals surface area contributed by atoms with Gasteiger partial charge in [0.05, 0.1) is 12.2 Å².